The summed E-state index contributed by atoms with van der Waals surface area (Å²) in [4.78, 5) is 26.9. The van der Waals surface area contributed by atoms with Crippen LogP contribution in [0.15, 0.2) is 18.2 Å². The van der Waals surface area contributed by atoms with Crippen LogP contribution in [0.4, 0.5) is 8.78 Å². The van der Waals surface area contributed by atoms with E-state index in [-0.39, 0.29) is 30.2 Å². The lowest BCUT2D eigenvalue weighted by Crippen LogP contribution is -2.52. The summed E-state index contributed by atoms with van der Waals surface area (Å²) in [6.07, 6.45) is -0.826. The SMILES string of the molecule is CC(O)C(=O)N1CCN(C(=O)CCc2cc(F)ccc2F)CC1. The summed E-state index contributed by atoms with van der Waals surface area (Å²) in [6, 6.07) is 3.19. The van der Waals surface area contributed by atoms with Crippen LogP contribution in [0.1, 0.15) is 18.9 Å². The van der Waals surface area contributed by atoms with Gasteiger partial charge in [0.15, 0.2) is 0 Å². The van der Waals surface area contributed by atoms with Crippen LogP contribution in [0.2, 0.25) is 0 Å². The summed E-state index contributed by atoms with van der Waals surface area (Å²) in [7, 11) is 0. The Hall–Kier alpha value is -2.02. The molecule has 23 heavy (non-hydrogen) atoms. The third-order valence-corrected chi connectivity index (χ3v) is 3.92. The van der Waals surface area contributed by atoms with E-state index in [4.69, 9.17) is 0 Å². The van der Waals surface area contributed by atoms with Crippen molar-refractivity contribution in [3.63, 3.8) is 0 Å². The van der Waals surface area contributed by atoms with Crippen LogP contribution in [-0.2, 0) is 16.0 Å². The zero-order chi connectivity index (χ0) is 17.0. The molecule has 1 heterocycles. The van der Waals surface area contributed by atoms with E-state index >= 15 is 0 Å². The van der Waals surface area contributed by atoms with E-state index in [0.29, 0.717) is 26.2 Å². The van der Waals surface area contributed by atoms with Gasteiger partial charge in [0.05, 0.1) is 0 Å². The van der Waals surface area contributed by atoms with E-state index in [0.717, 1.165) is 18.2 Å². The van der Waals surface area contributed by atoms with E-state index < -0.39 is 17.7 Å². The normalized spacial score (nSPS) is 16.3. The molecule has 2 rings (SSSR count). The minimum absolute atomic E-state index is 0.0880. The van der Waals surface area contributed by atoms with Crippen LogP contribution >= 0.6 is 0 Å². The molecule has 1 aromatic rings. The van der Waals surface area contributed by atoms with Crippen molar-refractivity contribution in [2.75, 3.05) is 26.2 Å². The fourth-order valence-electron chi connectivity index (χ4n) is 2.58. The molecule has 0 aromatic heterocycles. The number of hydrogen-bond acceptors (Lipinski definition) is 3. The van der Waals surface area contributed by atoms with Crippen molar-refractivity contribution < 1.29 is 23.5 Å². The van der Waals surface area contributed by atoms with Gasteiger partial charge in [-0.25, -0.2) is 8.78 Å². The largest absolute Gasteiger partial charge is 0.384 e. The lowest BCUT2D eigenvalue weighted by molar-refractivity contribution is -0.144. The minimum Gasteiger partial charge on any atom is -0.384 e. The molecule has 0 spiro atoms. The van der Waals surface area contributed by atoms with E-state index in [2.05, 4.69) is 0 Å². The van der Waals surface area contributed by atoms with Gasteiger partial charge < -0.3 is 14.9 Å². The van der Waals surface area contributed by atoms with E-state index in [9.17, 15) is 23.5 Å². The molecule has 1 unspecified atom stereocenters. The number of aryl methyl sites for hydroxylation is 1. The maximum Gasteiger partial charge on any atom is 0.251 e. The van der Waals surface area contributed by atoms with Crippen molar-refractivity contribution in [3.8, 4) is 0 Å². The Morgan fingerprint density at radius 1 is 1.17 bits per heavy atom. The van der Waals surface area contributed by atoms with Crippen molar-refractivity contribution in [2.45, 2.75) is 25.9 Å². The second-order valence-corrected chi connectivity index (χ2v) is 5.62. The van der Waals surface area contributed by atoms with Gasteiger partial charge in [-0.2, -0.15) is 0 Å². The molecule has 5 nitrogen and oxygen atoms in total. The lowest BCUT2D eigenvalue weighted by atomic mass is 10.1. The lowest BCUT2D eigenvalue weighted by Gasteiger charge is -2.35. The summed E-state index contributed by atoms with van der Waals surface area (Å²) in [5.74, 6) is -1.55. The second-order valence-electron chi connectivity index (χ2n) is 5.62. The van der Waals surface area contributed by atoms with Crippen LogP contribution in [0.5, 0.6) is 0 Å². The Balaban J connectivity index is 1.83. The maximum absolute atomic E-state index is 13.5. The maximum atomic E-state index is 13.5. The molecule has 0 aliphatic carbocycles. The zero-order valence-electron chi connectivity index (χ0n) is 13.0. The molecule has 7 heteroatoms. The van der Waals surface area contributed by atoms with Crippen LogP contribution in [0, 0.1) is 11.6 Å². The number of hydrogen-bond donors (Lipinski definition) is 1. The van der Waals surface area contributed by atoms with Gasteiger partial charge in [0.2, 0.25) is 5.91 Å². The fraction of sp³-hybridized carbons (Fsp3) is 0.500. The highest BCUT2D eigenvalue weighted by Gasteiger charge is 2.25. The van der Waals surface area contributed by atoms with Gasteiger partial charge >= 0.3 is 0 Å². The fourth-order valence-corrected chi connectivity index (χ4v) is 2.58. The van der Waals surface area contributed by atoms with E-state index in [1.54, 1.807) is 4.90 Å². The van der Waals surface area contributed by atoms with Gasteiger partial charge in [-0.15, -0.1) is 0 Å². The van der Waals surface area contributed by atoms with Crippen molar-refractivity contribution in [2.24, 2.45) is 0 Å². The first-order valence-corrected chi connectivity index (χ1v) is 7.57. The second kappa shape index (κ2) is 7.50. The number of nitrogens with zero attached hydrogens (tertiary/aromatic N) is 2. The first-order chi connectivity index (χ1) is 10.9. The van der Waals surface area contributed by atoms with E-state index in [1.165, 1.54) is 11.8 Å². The first kappa shape index (κ1) is 17.3. The predicted molar refractivity (Wildman–Crippen MR) is 79.5 cm³/mol. The number of piperazine rings is 1. The van der Waals surface area contributed by atoms with Crippen LogP contribution < -0.4 is 0 Å². The number of carbonyl (C=O) groups excluding carboxylic acids is 2. The summed E-state index contributed by atoms with van der Waals surface area (Å²) >= 11 is 0. The summed E-state index contributed by atoms with van der Waals surface area (Å²) in [5, 5.41) is 9.27. The third kappa shape index (κ3) is 4.48. The Morgan fingerprint density at radius 2 is 1.78 bits per heavy atom. The molecular weight excluding hydrogens is 306 g/mol. The smallest absolute Gasteiger partial charge is 0.251 e. The molecule has 1 saturated heterocycles. The molecule has 126 valence electrons. The number of benzene rings is 1. The molecule has 1 atom stereocenters. The van der Waals surface area contributed by atoms with Crippen LogP contribution in [-0.4, -0.2) is 59.0 Å². The van der Waals surface area contributed by atoms with Gasteiger partial charge in [0.1, 0.15) is 17.7 Å². The van der Waals surface area contributed by atoms with Gasteiger partial charge in [0.25, 0.3) is 5.91 Å². The van der Waals surface area contributed by atoms with Crippen LogP contribution in [0.25, 0.3) is 0 Å². The van der Waals surface area contributed by atoms with E-state index in [1.807, 2.05) is 0 Å². The third-order valence-electron chi connectivity index (χ3n) is 3.92. The number of rotatable bonds is 4. The van der Waals surface area contributed by atoms with Crippen molar-refractivity contribution in [1.29, 1.82) is 0 Å². The van der Waals surface area contributed by atoms with Crippen molar-refractivity contribution in [3.05, 3.63) is 35.4 Å². The zero-order valence-corrected chi connectivity index (χ0v) is 13.0. The monoisotopic (exact) mass is 326 g/mol. The molecule has 1 aliphatic heterocycles. The molecule has 2 amide bonds. The van der Waals surface area contributed by atoms with Gasteiger partial charge in [-0.05, 0) is 37.1 Å². The molecule has 0 bridgehead atoms. The topological polar surface area (TPSA) is 60.9 Å². The van der Waals surface area contributed by atoms with Crippen molar-refractivity contribution in [1.82, 2.24) is 9.80 Å². The average molecular weight is 326 g/mol. The minimum atomic E-state index is -1.05. The number of halogens is 2. The molecule has 1 aromatic carbocycles. The van der Waals surface area contributed by atoms with Gasteiger partial charge in [0, 0.05) is 32.6 Å². The Bertz CT molecular complexity index is 585. The molecule has 1 fully saturated rings. The summed E-state index contributed by atoms with van der Waals surface area (Å²) < 4.78 is 26.6. The number of carbonyl (C=O) groups is 2. The van der Waals surface area contributed by atoms with Crippen molar-refractivity contribution >= 4 is 11.8 Å². The quantitative estimate of drug-likeness (QED) is 0.896. The average Bonchev–Trinajstić information content (AvgIpc) is 2.54. The van der Waals surface area contributed by atoms with Crippen LogP contribution in [0.3, 0.4) is 0 Å². The van der Waals surface area contributed by atoms with Gasteiger partial charge in [-0.3, -0.25) is 9.59 Å². The summed E-state index contributed by atoms with van der Waals surface area (Å²) in [5.41, 5.74) is 0.182. The van der Waals surface area contributed by atoms with Gasteiger partial charge in [-0.1, -0.05) is 0 Å². The molecule has 0 saturated carbocycles. The summed E-state index contributed by atoms with van der Waals surface area (Å²) in [6.45, 7) is 2.90. The Morgan fingerprint density at radius 3 is 2.39 bits per heavy atom. The highest BCUT2D eigenvalue weighted by atomic mass is 19.1. The molecule has 1 aliphatic rings. The number of amides is 2. The Kier molecular flexibility index (Phi) is 5.65. The number of aliphatic hydroxyl groups is 1. The molecule has 1 N–H and O–H groups in total. The predicted octanol–water partition coefficient (Wildman–Crippen LogP) is 0.949. The number of aliphatic hydroxyl groups excluding tert-OH is 1. The first-order valence-electron chi connectivity index (χ1n) is 7.57. The molecule has 0 radical (unpaired) electrons. The Labute approximate surface area is 133 Å². The highest BCUT2D eigenvalue weighted by molar-refractivity contribution is 5.81. The molecular formula is C16H20F2N2O3. The highest BCUT2D eigenvalue weighted by Crippen LogP contribution is 2.13. The standard InChI is InChI=1S/C16H20F2N2O3/c1-11(21)16(23)20-8-6-19(7-9-20)15(22)5-2-12-10-13(17)3-4-14(12)18/h3-4,10-11,21H,2,5-9H2,1H3.